The summed E-state index contributed by atoms with van der Waals surface area (Å²) < 4.78 is 0. The lowest BCUT2D eigenvalue weighted by molar-refractivity contribution is 0.178. The molecule has 0 radical (unpaired) electrons. The molecule has 112 valence electrons. The van der Waals surface area contributed by atoms with Crippen LogP contribution in [0.25, 0.3) is 0 Å². The van der Waals surface area contributed by atoms with Crippen molar-refractivity contribution in [3.05, 3.63) is 53.1 Å². The van der Waals surface area contributed by atoms with Gasteiger partial charge in [-0.25, -0.2) is 14.8 Å². The number of hydrogen-bond acceptors (Lipinski definition) is 3. The summed E-state index contributed by atoms with van der Waals surface area (Å²) >= 11 is 5.87. The number of anilines is 1. The van der Waals surface area contributed by atoms with Gasteiger partial charge in [-0.3, -0.25) is 0 Å². The number of nitrogens with one attached hydrogen (secondary N) is 1. The van der Waals surface area contributed by atoms with Crippen molar-refractivity contribution in [2.45, 2.75) is 31.3 Å². The summed E-state index contributed by atoms with van der Waals surface area (Å²) in [6.45, 7) is 0. The van der Waals surface area contributed by atoms with Crippen molar-refractivity contribution in [1.82, 2.24) is 14.9 Å². The normalized spacial score (nSPS) is 22.3. The number of fused-ring (bicyclic) bond motifs is 4. The van der Waals surface area contributed by atoms with Crippen LogP contribution >= 0.6 is 11.6 Å². The molecule has 0 unspecified atom stereocenters. The van der Waals surface area contributed by atoms with E-state index in [0.29, 0.717) is 5.02 Å². The van der Waals surface area contributed by atoms with Gasteiger partial charge in [-0.1, -0.05) is 11.6 Å². The van der Waals surface area contributed by atoms with Gasteiger partial charge in [0.2, 0.25) is 0 Å². The van der Waals surface area contributed by atoms with Gasteiger partial charge in [0.05, 0.1) is 11.7 Å². The van der Waals surface area contributed by atoms with Crippen molar-refractivity contribution >= 4 is 23.3 Å². The predicted molar refractivity (Wildman–Crippen MR) is 83.8 cm³/mol. The highest BCUT2D eigenvalue weighted by molar-refractivity contribution is 6.30. The highest BCUT2D eigenvalue weighted by atomic mass is 35.5. The minimum atomic E-state index is -0.0654. The number of aromatic nitrogens is 2. The Morgan fingerprint density at radius 2 is 2.09 bits per heavy atom. The molecule has 2 amide bonds. The Labute approximate surface area is 133 Å². The smallest absolute Gasteiger partial charge is 0.314 e. The molecule has 2 aliphatic heterocycles. The Bertz CT molecular complexity index is 718. The number of urea groups is 1. The summed E-state index contributed by atoms with van der Waals surface area (Å²) in [5.41, 5.74) is 2.92. The Morgan fingerprint density at radius 3 is 2.91 bits per heavy atom. The first-order chi connectivity index (χ1) is 10.7. The monoisotopic (exact) mass is 314 g/mol. The van der Waals surface area contributed by atoms with Gasteiger partial charge < -0.3 is 10.2 Å². The van der Waals surface area contributed by atoms with E-state index in [-0.39, 0.29) is 18.1 Å². The van der Waals surface area contributed by atoms with Gasteiger partial charge in [0.15, 0.2) is 0 Å². The average Bonchev–Trinajstić information content (AvgIpc) is 2.85. The molecule has 2 atom stereocenters. The van der Waals surface area contributed by atoms with E-state index in [9.17, 15) is 4.79 Å². The molecule has 0 spiro atoms. The molecule has 2 bridgehead atoms. The maximum Gasteiger partial charge on any atom is 0.322 e. The molecule has 2 aromatic rings. The number of nitrogens with zero attached hydrogens (tertiary/aromatic N) is 3. The number of carbonyl (C=O) groups is 1. The third-order valence-corrected chi connectivity index (χ3v) is 4.70. The highest BCUT2D eigenvalue weighted by Gasteiger charge is 2.43. The van der Waals surface area contributed by atoms with Crippen LogP contribution in [0.1, 0.15) is 30.1 Å². The van der Waals surface area contributed by atoms with Crippen molar-refractivity contribution < 1.29 is 4.79 Å². The molecule has 0 saturated carbocycles. The minimum Gasteiger partial charge on any atom is -0.314 e. The quantitative estimate of drug-likeness (QED) is 0.877. The van der Waals surface area contributed by atoms with Crippen LogP contribution in [0, 0.1) is 0 Å². The lowest BCUT2D eigenvalue weighted by Crippen LogP contribution is -2.44. The predicted octanol–water partition coefficient (Wildman–Crippen LogP) is 3.42. The number of amides is 2. The van der Waals surface area contributed by atoms with E-state index >= 15 is 0 Å². The Morgan fingerprint density at radius 1 is 1.27 bits per heavy atom. The average molecular weight is 315 g/mol. The first-order valence-electron chi connectivity index (χ1n) is 7.36. The number of rotatable bonds is 1. The standard InChI is InChI=1S/C16H15ClN4O/c17-10-1-3-11(4-2-10)20-16(22)21-12-5-6-15(21)13-8-18-9-19-14(13)7-12/h1-4,8-9,12,15H,5-7H2,(H,20,22)/t12-,15+/m1/s1. The number of benzene rings is 1. The molecule has 1 aromatic carbocycles. The third-order valence-electron chi connectivity index (χ3n) is 4.45. The Balaban J connectivity index is 1.58. The van der Waals surface area contributed by atoms with Crippen molar-refractivity contribution in [3.8, 4) is 0 Å². The molecular formula is C16H15ClN4O. The van der Waals surface area contributed by atoms with E-state index in [1.165, 1.54) is 0 Å². The van der Waals surface area contributed by atoms with Crippen molar-refractivity contribution in [2.75, 3.05) is 5.32 Å². The Kier molecular flexibility index (Phi) is 3.22. The van der Waals surface area contributed by atoms with Crippen LogP contribution in [0.3, 0.4) is 0 Å². The first kappa shape index (κ1) is 13.5. The topological polar surface area (TPSA) is 58.1 Å². The van der Waals surface area contributed by atoms with E-state index in [4.69, 9.17) is 11.6 Å². The third kappa shape index (κ3) is 2.22. The number of halogens is 1. The molecule has 2 aliphatic rings. The maximum atomic E-state index is 12.7. The molecule has 1 saturated heterocycles. The maximum absolute atomic E-state index is 12.7. The van der Waals surface area contributed by atoms with Crippen LogP contribution in [0.15, 0.2) is 36.8 Å². The van der Waals surface area contributed by atoms with Gasteiger partial charge in [0, 0.05) is 34.9 Å². The molecule has 3 heterocycles. The van der Waals surface area contributed by atoms with Crippen LogP contribution in [-0.4, -0.2) is 26.9 Å². The zero-order valence-electron chi connectivity index (χ0n) is 11.9. The molecular weight excluding hydrogens is 300 g/mol. The second kappa shape index (κ2) is 5.25. The van der Waals surface area contributed by atoms with Gasteiger partial charge in [-0.05, 0) is 37.1 Å². The lowest BCUT2D eigenvalue weighted by Gasteiger charge is -2.35. The highest BCUT2D eigenvalue weighted by Crippen LogP contribution is 2.42. The van der Waals surface area contributed by atoms with E-state index in [0.717, 1.165) is 36.2 Å². The molecule has 4 rings (SSSR count). The van der Waals surface area contributed by atoms with Crippen LogP contribution < -0.4 is 5.32 Å². The SMILES string of the molecule is O=C(Nc1ccc(Cl)cc1)N1[C@@H]2CC[C@H]1c1cncnc1C2. The minimum absolute atomic E-state index is 0.0654. The second-order valence-corrected chi connectivity index (χ2v) is 6.16. The van der Waals surface area contributed by atoms with Crippen LogP contribution in [-0.2, 0) is 6.42 Å². The molecule has 0 aliphatic carbocycles. The Hall–Kier alpha value is -2.14. The van der Waals surface area contributed by atoms with Gasteiger partial charge in [0.25, 0.3) is 0 Å². The summed E-state index contributed by atoms with van der Waals surface area (Å²) in [4.78, 5) is 23.1. The van der Waals surface area contributed by atoms with Crippen LogP contribution in [0.5, 0.6) is 0 Å². The van der Waals surface area contributed by atoms with Crippen LogP contribution in [0.2, 0.25) is 5.02 Å². The zero-order valence-corrected chi connectivity index (χ0v) is 12.6. The molecule has 5 nitrogen and oxygen atoms in total. The van der Waals surface area contributed by atoms with Gasteiger partial charge in [-0.2, -0.15) is 0 Å². The summed E-state index contributed by atoms with van der Waals surface area (Å²) in [5, 5.41) is 3.61. The fourth-order valence-corrected chi connectivity index (χ4v) is 3.58. The molecule has 1 aromatic heterocycles. The van der Waals surface area contributed by atoms with Gasteiger partial charge in [0.1, 0.15) is 6.33 Å². The first-order valence-corrected chi connectivity index (χ1v) is 7.74. The van der Waals surface area contributed by atoms with E-state index in [1.807, 2.05) is 23.2 Å². The lowest BCUT2D eigenvalue weighted by atomic mass is 10.00. The fraction of sp³-hybridized carbons (Fsp3) is 0.312. The summed E-state index contributed by atoms with van der Waals surface area (Å²) in [6.07, 6.45) is 6.22. The van der Waals surface area contributed by atoms with Gasteiger partial charge >= 0.3 is 6.03 Å². The zero-order chi connectivity index (χ0) is 15.1. The van der Waals surface area contributed by atoms with Crippen molar-refractivity contribution in [2.24, 2.45) is 0 Å². The molecule has 1 N–H and O–H groups in total. The molecule has 1 fully saturated rings. The summed E-state index contributed by atoms with van der Waals surface area (Å²) in [6, 6.07) is 7.40. The second-order valence-electron chi connectivity index (χ2n) is 5.72. The molecule has 6 heteroatoms. The fourth-order valence-electron chi connectivity index (χ4n) is 3.46. The van der Waals surface area contributed by atoms with Crippen LogP contribution in [0.4, 0.5) is 10.5 Å². The van der Waals surface area contributed by atoms with E-state index < -0.39 is 0 Å². The van der Waals surface area contributed by atoms with Gasteiger partial charge in [-0.15, -0.1) is 0 Å². The number of carbonyl (C=O) groups excluding carboxylic acids is 1. The summed E-state index contributed by atoms with van der Waals surface area (Å²) in [7, 11) is 0. The van der Waals surface area contributed by atoms with Crippen molar-refractivity contribution in [1.29, 1.82) is 0 Å². The van der Waals surface area contributed by atoms with E-state index in [1.54, 1.807) is 18.5 Å². The van der Waals surface area contributed by atoms with E-state index in [2.05, 4.69) is 15.3 Å². The van der Waals surface area contributed by atoms with Crippen molar-refractivity contribution in [3.63, 3.8) is 0 Å². The largest absolute Gasteiger partial charge is 0.322 e. The number of hydrogen-bond donors (Lipinski definition) is 1. The summed E-state index contributed by atoms with van der Waals surface area (Å²) in [5.74, 6) is 0. The molecule has 22 heavy (non-hydrogen) atoms.